The lowest BCUT2D eigenvalue weighted by molar-refractivity contribution is 0.216. The van der Waals surface area contributed by atoms with E-state index in [0.717, 1.165) is 25.3 Å². The predicted octanol–water partition coefficient (Wildman–Crippen LogP) is 2.35. The average molecular weight is 174 g/mol. The van der Waals surface area contributed by atoms with E-state index in [2.05, 4.69) is 35.9 Å². The van der Waals surface area contributed by atoms with Crippen molar-refractivity contribution in [3.63, 3.8) is 0 Å². The van der Waals surface area contributed by atoms with E-state index in [1.54, 1.807) is 0 Å². The number of nitrogens with zero attached hydrogens (tertiary/aromatic N) is 2. The zero-order valence-electron chi connectivity index (χ0n) is 7.90. The molecule has 1 saturated carbocycles. The van der Waals surface area contributed by atoms with Crippen LogP contribution in [0.15, 0.2) is 18.3 Å². The summed E-state index contributed by atoms with van der Waals surface area (Å²) in [5.74, 6) is 1.07. The molecule has 1 aliphatic carbocycles. The van der Waals surface area contributed by atoms with Gasteiger partial charge in [-0.2, -0.15) is 5.26 Å². The molecule has 1 aromatic rings. The van der Waals surface area contributed by atoms with Crippen LogP contribution in [0.3, 0.4) is 0 Å². The monoisotopic (exact) mass is 174 g/mol. The molecule has 1 fully saturated rings. The van der Waals surface area contributed by atoms with Crippen molar-refractivity contribution in [1.29, 1.82) is 5.26 Å². The standard InChI is InChI=1S/C11H14N2/c1-9-3-2-4-13(9)8-11-5-10(6-11)7-12/h2-4,10-11H,5-6,8H2,1H3. The van der Waals surface area contributed by atoms with Gasteiger partial charge in [0.15, 0.2) is 0 Å². The van der Waals surface area contributed by atoms with Crippen molar-refractivity contribution in [3.05, 3.63) is 24.0 Å². The summed E-state index contributed by atoms with van der Waals surface area (Å²) in [7, 11) is 0. The van der Waals surface area contributed by atoms with Crippen LogP contribution in [0.1, 0.15) is 18.5 Å². The normalized spacial score (nSPS) is 26.5. The summed E-state index contributed by atoms with van der Waals surface area (Å²) in [5.41, 5.74) is 1.32. The van der Waals surface area contributed by atoms with Crippen LogP contribution in [0.2, 0.25) is 0 Å². The maximum atomic E-state index is 8.63. The Kier molecular flexibility index (Phi) is 2.10. The molecule has 2 nitrogen and oxygen atoms in total. The number of aromatic nitrogens is 1. The van der Waals surface area contributed by atoms with E-state index in [1.165, 1.54) is 5.69 Å². The molecule has 68 valence electrons. The highest BCUT2D eigenvalue weighted by molar-refractivity contribution is 5.05. The van der Waals surface area contributed by atoms with Crippen LogP contribution in [0, 0.1) is 30.1 Å². The van der Waals surface area contributed by atoms with Crippen molar-refractivity contribution in [3.8, 4) is 6.07 Å². The zero-order chi connectivity index (χ0) is 9.26. The first-order valence-electron chi connectivity index (χ1n) is 4.81. The van der Waals surface area contributed by atoms with Crippen LogP contribution in [-0.4, -0.2) is 4.57 Å². The highest BCUT2D eigenvalue weighted by Crippen LogP contribution is 2.34. The van der Waals surface area contributed by atoms with Crippen LogP contribution < -0.4 is 0 Å². The molecule has 0 unspecified atom stereocenters. The fraction of sp³-hybridized carbons (Fsp3) is 0.545. The van der Waals surface area contributed by atoms with Gasteiger partial charge >= 0.3 is 0 Å². The summed E-state index contributed by atoms with van der Waals surface area (Å²) >= 11 is 0. The highest BCUT2D eigenvalue weighted by Gasteiger charge is 2.28. The summed E-state index contributed by atoms with van der Waals surface area (Å²) in [6.07, 6.45) is 4.30. The zero-order valence-corrected chi connectivity index (χ0v) is 7.90. The Morgan fingerprint density at radius 2 is 2.38 bits per heavy atom. The minimum Gasteiger partial charge on any atom is -0.351 e. The van der Waals surface area contributed by atoms with Crippen molar-refractivity contribution >= 4 is 0 Å². The molecule has 0 spiro atoms. The van der Waals surface area contributed by atoms with Crippen LogP contribution >= 0.6 is 0 Å². The number of nitriles is 1. The van der Waals surface area contributed by atoms with Crippen molar-refractivity contribution in [2.24, 2.45) is 11.8 Å². The van der Waals surface area contributed by atoms with Crippen LogP contribution in [-0.2, 0) is 6.54 Å². The maximum absolute atomic E-state index is 8.63. The van der Waals surface area contributed by atoms with Gasteiger partial charge in [0, 0.05) is 24.4 Å². The van der Waals surface area contributed by atoms with Gasteiger partial charge in [-0.3, -0.25) is 0 Å². The molecule has 1 aliphatic rings. The fourth-order valence-corrected chi connectivity index (χ4v) is 1.97. The minimum atomic E-state index is 0.334. The van der Waals surface area contributed by atoms with E-state index in [0.29, 0.717) is 5.92 Å². The third kappa shape index (κ3) is 1.60. The lowest BCUT2D eigenvalue weighted by Crippen LogP contribution is -2.26. The fourth-order valence-electron chi connectivity index (χ4n) is 1.97. The van der Waals surface area contributed by atoms with Crippen LogP contribution in [0.25, 0.3) is 0 Å². The molecule has 1 heterocycles. The van der Waals surface area contributed by atoms with E-state index < -0.39 is 0 Å². The van der Waals surface area contributed by atoms with E-state index in [1.807, 2.05) is 0 Å². The second-order valence-corrected chi connectivity index (χ2v) is 3.97. The van der Waals surface area contributed by atoms with Gasteiger partial charge in [0.2, 0.25) is 0 Å². The van der Waals surface area contributed by atoms with Crippen molar-refractivity contribution in [2.75, 3.05) is 0 Å². The third-order valence-corrected chi connectivity index (χ3v) is 2.93. The van der Waals surface area contributed by atoms with E-state index in [-0.39, 0.29) is 0 Å². The smallest absolute Gasteiger partial charge is 0.0656 e. The summed E-state index contributed by atoms with van der Waals surface area (Å²) in [6, 6.07) is 6.52. The maximum Gasteiger partial charge on any atom is 0.0656 e. The van der Waals surface area contributed by atoms with Gasteiger partial charge in [-0.15, -0.1) is 0 Å². The number of rotatable bonds is 2. The molecule has 0 aromatic carbocycles. The molecule has 0 atom stereocenters. The molecule has 0 radical (unpaired) electrons. The minimum absolute atomic E-state index is 0.334. The lowest BCUT2D eigenvalue weighted by atomic mass is 9.76. The molecule has 2 heteroatoms. The second-order valence-electron chi connectivity index (χ2n) is 3.97. The molecular weight excluding hydrogens is 160 g/mol. The Bertz CT molecular complexity index is 326. The molecule has 2 rings (SSSR count). The van der Waals surface area contributed by atoms with Gasteiger partial charge in [-0.05, 0) is 37.8 Å². The van der Waals surface area contributed by atoms with E-state index in [4.69, 9.17) is 5.26 Å². The Balaban J connectivity index is 1.88. The Labute approximate surface area is 78.8 Å². The summed E-state index contributed by atoms with van der Waals surface area (Å²) < 4.78 is 2.28. The first-order valence-corrected chi connectivity index (χ1v) is 4.81. The van der Waals surface area contributed by atoms with Crippen molar-refractivity contribution in [1.82, 2.24) is 4.57 Å². The second kappa shape index (κ2) is 3.26. The van der Waals surface area contributed by atoms with Gasteiger partial charge in [-0.1, -0.05) is 0 Å². The lowest BCUT2D eigenvalue weighted by Gasteiger charge is -2.31. The van der Waals surface area contributed by atoms with Crippen molar-refractivity contribution < 1.29 is 0 Å². The molecule has 0 N–H and O–H groups in total. The molecule has 0 amide bonds. The van der Waals surface area contributed by atoms with Crippen molar-refractivity contribution in [2.45, 2.75) is 26.3 Å². The first kappa shape index (κ1) is 8.37. The topological polar surface area (TPSA) is 28.7 Å². The van der Waals surface area contributed by atoms with Gasteiger partial charge < -0.3 is 4.57 Å². The first-order chi connectivity index (χ1) is 6.29. The summed E-state index contributed by atoms with van der Waals surface area (Å²) in [4.78, 5) is 0. The summed E-state index contributed by atoms with van der Waals surface area (Å²) in [5, 5.41) is 8.63. The molecule has 0 saturated heterocycles. The molecule has 1 aromatic heterocycles. The molecule has 13 heavy (non-hydrogen) atoms. The Hall–Kier alpha value is -1.23. The third-order valence-electron chi connectivity index (χ3n) is 2.93. The largest absolute Gasteiger partial charge is 0.351 e. The summed E-state index contributed by atoms with van der Waals surface area (Å²) in [6.45, 7) is 3.22. The molecule has 0 aliphatic heterocycles. The van der Waals surface area contributed by atoms with E-state index >= 15 is 0 Å². The quantitative estimate of drug-likeness (QED) is 0.676. The van der Waals surface area contributed by atoms with Crippen LogP contribution in [0.4, 0.5) is 0 Å². The molecule has 0 bridgehead atoms. The average Bonchev–Trinajstić information content (AvgIpc) is 2.43. The van der Waals surface area contributed by atoms with Gasteiger partial charge in [0.05, 0.1) is 6.07 Å². The van der Waals surface area contributed by atoms with Gasteiger partial charge in [0.1, 0.15) is 0 Å². The van der Waals surface area contributed by atoms with Crippen LogP contribution in [0.5, 0.6) is 0 Å². The number of hydrogen-bond donors (Lipinski definition) is 0. The van der Waals surface area contributed by atoms with Gasteiger partial charge in [0.25, 0.3) is 0 Å². The number of hydrogen-bond acceptors (Lipinski definition) is 1. The van der Waals surface area contributed by atoms with E-state index in [9.17, 15) is 0 Å². The SMILES string of the molecule is Cc1cccn1CC1CC(C#N)C1. The Morgan fingerprint density at radius 3 is 2.92 bits per heavy atom. The predicted molar refractivity (Wildman–Crippen MR) is 51.0 cm³/mol. The number of aryl methyl sites for hydroxylation is 1. The Morgan fingerprint density at radius 1 is 1.62 bits per heavy atom. The molecular formula is C11H14N2. The van der Waals surface area contributed by atoms with Gasteiger partial charge in [-0.25, -0.2) is 0 Å². The highest BCUT2D eigenvalue weighted by atomic mass is 15.0.